The maximum absolute atomic E-state index is 5.67. The summed E-state index contributed by atoms with van der Waals surface area (Å²) in [6.45, 7) is 4.29. The number of rotatable bonds is 4. The minimum atomic E-state index is -0.189. The van der Waals surface area contributed by atoms with E-state index in [2.05, 4.69) is 30.2 Å². The summed E-state index contributed by atoms with van der Waals surface area (Å²) in [5.41, 5.74) is 2.47. The number of methoxy groups -OCH3 is 1. The van der Waals surface area contributed by atoms with Crippen LogP contribution in [0.25, 0.3) is 0 Å². The zero-order valence-electron chi connectivity index (χ0n) is 11.9. The third-order valence-corrected chi connectivity index (χ3v) is 4.23. The number of aromatic nitrogens is 1. The molecule has 0 amide bonds. The number of hydrogen-bond donors (Lipinski definition) is 1. The highest BCUT2D eigenvalue weighted by atomic mass is 16.5. The van der Waals surface area contributed by atoms with Gasteiger partial charge in [0, 0.05) is 31.0 Å². The number of nitrogens with one attached hydrogen (secondary N) is 1. The van der Waals surface area contributed by atoms with Crippen molar-refractivity contribution in [3.05, 3.63) is 29.6 Å². The van der Waals surface area contributed by atoms with E-state index in [1.165, 1.54) is 24.1 Å². The SMILES string of the molecule is CNC(C1CCCc2cccnc21)C(C)(C)OC. The molecule has 2 atom stereocenters. The second kappa shape index (κ2) is 5.37. The van der Waals surface area contributed by atoms with Gasteiger partial charge in [0.25, 0.3) is 0 Å². The first-order chi connectivity index (χ1) is 8.60. The van der Waals surface area contributed by atoms with Gasteiger partial charge in [-0.2, -0.15) is 0 Å². The molecule has 0 radical (unpaired) electrons. The molecular formula is C15H24N2O. The molecule has 1 N–H and O–H groups in total. The number of fused-ring (bicyclic) bond motifs is 1. The Balaban J connectivity index is 2.34. The molecule has 0 saturated carbocycles. The van der Waals surface area contributed by atoms with Gasteiger partial charge in [-0.25, -0.2) is 0 Å². The Labute approximate surface area is 110 Å². The van der Waals surface area contributed by atoms with Crippen molar-refractivity contribution in [3.8, 4) is 0 Å². The second-order valence-electron chi connectivity index (χ2n) is 5.62. The lowest BCUT2D eigenvalue weighted by molar-refractivity contribution is -0.0180. The quantitative estimate of drug-likeness (QED) is 0.889. The van der Waals surface area contributed by atoms with Crippen LogP contribution >= 0.6 is 0 Å². The van der Waals surface area contributed by atoms with Crippen LogP contribution in [-0.2, 0) is 11.2 Å². The van der Waals surface area contributed by atoms with Gasteiger partial charge in [-0.1, -0.05) is 6.07 Å². The molecular weight excluding hydrogens is 224 g/mol. The van der Waals surface area contributed by atoms with Crippen molar-refractivity contribution in [1.82, 2.24) is 10.3 Å². The van der Waals surface area contributed by atoms with Gasteiger partial charge in [0.2, 0.25) is 0 Å². The predicted molar refractivity (Wildman–Crippen MR) is 73.9 cm³/mol. The molecule has 1 aliphatic rings. The summed E-state index contributed by atoms with van der Waals surface area (Å²) in [5, 5.41) is 3.44. The molecule has 0 spiro atoms. The van der Waals surface area contributed by atoms with Crippen molar-refractivity contribution in [2.24, 2.45) is 0 Å². The molecule has 3 heteroatoms. The van der Waals surface area contributed by atoms with Gasteiger partial charge >= 0.3 is 0 Å². The standard InChI is InChI=1S/C15H24N2O/c1-15(2,18-4)14(16-3)12-9-5-7-11-8-6-10-17-13(11)12/h6,8,10,12,14,16H,5,7,9H2,1-4H3. The van der Waals surface area contributed by atoms with E-state index >= 15 is 0 Å². The molecule has 18 heavy (non-hydrogen) atoms. The van der Waals surface area contributed by atoms with E-state index in [1.807, 2.05) is 19.3 Å². The smallest absolute Gasteiger partial charge is 0.0781 e. The van der Waals surface area contributed by atoms with E-state index in [0.29, 0.717) is 5.92 Å². The fourth-order valence-corrected chi connectivity index (χ4v) is 3.13. The van der Waals surface area contributed by atoms with Crippen LogP contribution in [0.15, 0.2) is 18.3 Å². The number of ether oxygens (including phenoxy) is 1. The summed E-state index contributed by atoms with van der Waals surface area (Å²) < 4.78 is 5.67. The van der Waals surface area contributed by atoms with E-state index in [0.717, 1.165) is 6.42 Å². The zero-order valence-corrected chi connectivity index (χ0v) is 11.9. The summed E-state index contributed by atoms with van der Waals surface area (Å²) in [4.78, 5) is 4.62. The van der Waals surface area contributed by atoms with Crippen molar-refractivity contribution >= 4 is 0 Å². The Hall–Kier alpha value is -0.930. The summed E-state index contributed by atoms with van der Waals surface area (Å²) in [5.74, 6) is 0.440. The fourth-order valence-electron chi connectivity index (χ4n) is 3.13. The van der Waals surface area contributed by atoms with E-state index in [-0.39, 0.29) is 11.6 Å². The average Bonchev–Trinajstić information content (AvgIpc) is 2.39. The molecule has 1 aromatic heterocycles. The molecule has 3 nitrogen and oxygen atoms in total. The van der Waals surface area contributed by atoms with E-state index in [1.54, 1.807) is 7.11 Å². The van der Waals surface area contributed by atoms with Gasteiger partial charge in [0.05, 0.1) is 5.60 Å². The molecule has 0 aromatic carbocycles. The Kier molecular flexibility index (Phi) is 4.03. The van der Waals surface area contributed by atoms with Gasteiger partial charge in [0.1, 0.15) is 0 Å². The second-order valence-corrected chi connectivity index (χ2v) is 5.62. The van der Waals surface area contributed by atoms with Crippen LogP contribution in [-0.4, -0.2) is 30.8 Å². The molecule has 2 unspecified atom stereocenters. The summed E-state index contributed by atoms with van der Waals surface area (Å²) in [7, 11) is 3.80. The Bertz CT molecular complexity index is 403. The van der Waals surface area contributed by atoms with Crippen LogP contribution in [0.2, 0.25) is 0 Å². The van der Waals surface area contributed by atoms with Crippen LogP contribution < -0.4 is 5.32 Å². The van der Waals surface area contributed by atoms with Crippen molar-refractivity contribution < 1.29 is 4.74 Å². The Morgan fingerprint density at radius 2 is 2.28 bits per heavy atom. The van der Waals surface area contributed by atoms with Crippen molar-refractivity contribution in [1.29, 1.82) is 0 Å². The topological polar surface area (TPSA) is 34.2 Å². The minimum absolute atomic E-state index is 0.189. The van der Waals surface area contributed by atoms with Crippen molar-refractivity contribution in [2.75, 3.05) is 14.2 Å². The molecule has 1 aliphatic carbocycles. The van der Waals surface area contributed by atoms with Crippen molar-refractivity contribution in [2.45, 2.75) is 50.7 Å². The molecule has 0 aliphatic heterocycles. The highest BCUT2D eigenvalue weighted by Gasteiger charge is 2.38. The van der Waals surface area contributed by atoms with E-state index < -0.39 is 0 Å². The first-order valence-electron chi connectivity index (χ1n) is 6.76. The minimum Gasteiger partial charge on any atom is -0.377 e. The lowest BCUT2D eigenvalue weighted by Crippen LogP contribution is -2.51. The lowest BCUT2D eigenvalue weighted by Gasteiger charge is -2.40. The summed E-state index contributed by atoms with van der Waals surface area (Å²) >= 11 is 0. The average molecular weight is 248 g/mol. The summed E-state index contributed by atoms with van der Waals surface area (Å²) in [6, 6.07) is 4.54. The monoisotopic (exact) mass is 248 g/mol. The third kappa shape index (κ3) is 2.43. The number of aryl methyl sites for hydroxylation is 1. The highest BCUT2D eigenvalue weighted by Crippen LogP contribution is 2.36. The van der Waals surface area contributed by atoms with Gasteiger partial charge in [-0.05, 0) is 51.8 Å². The number of hydrogen-bond acceptors (Lipinski definition) is 3. The van der Waals surface area contributed by atoms with Crippen molar-refractivity contribution in [3.63, 3.8) is 0 Å². The van der Waals surface area contributed by atoms with Crippen LogP contribution in [0, 0.1) is 0 Å². The molecule has 1 heterocycles. The molecule has 0 fully saturated rings. The van der Waals surface area contributed by atoms with Crippen LogP contribution in [0.5, 0.6) is 0 Å². The normalized spacial score (nSPS) is 21.4. The molecule has 0 bridgehead atoms. The van der Waals surface area contributed by atoms with Gasteiger partial charge in [-0.15, -0.1) is 0 Å². The van der Waals surface area contributed by atoms with E-state index in [4.69, 9.17) is 4.74 Å². The molecule has 1 aromatic rings. The predicted octanol–water partition coefficient (Wildman–Crippen LogP) is 2.51. The maximum atomic E-state index is 5.67. The third-order valence-electron chi connectivity index (χ3n) is 4.23. The van der Waals surface area contributed by atoms with Gasteiger partial charge in [0.15, 0.2) is 0 Å². The van der Waals surface area contributed by atoms with Crippen LogP contribution in [0.1, 0.15) is 43.9 Å². The first-order valence-corrected chi connectivity index (χ1v) is 6.76. The van der Waals surface area contributed by atoms with Gasteiger partial charge in [-0.3, -0.25) is 4.98 Å². The Morgan fingerprint density at radius 1 is 1.50 bits per heavy atom. The summed E-state index contributed by atoms with van der Waals surface area (Å²) in [6.07, 6.45) is 5.48. The molecule has 2 rings (SSSR count). The lowest BCUT2D eigenvalue weighted by atomic mass is 9.76. The Morgan fingerprint density at radius 3 is 2.94 bits per heavy atom. The van der Waals surface area contributed by atoms with Crippen LogP contribution in [0.3, 0.4) is 0 Å². The number of likely N-dealkylation sites (N-methyl/N-ethyl adjacent to an activating group) is 1. The van der Waals surface area contributed by atoms with Gasteiger partial charge < -0.3 is 10.1 Å². The zero-order chi connectivity index (χ0) is 13.2. The first kappa shape index (κ1) is 13.5. The fraction of sp³-hybridized carbons (Fsp3) is 0.667. The van der Waals surface area contributed by atoms with E-state index in [9.17, 15) is 0 Å². The number of nitrogens with zero attached hydrogens (tertiary/aromatic N) is 1. The highest BCUT2D eigenvalue weighted by molar-refractivity contribution is 5.28. The largest absolute Gasteiger partial charge is 0.377 e. The number of pyridine rings is 1. The maximum Gasteiger partial charge on any atom is 0.0781 e. The molecule has 0 saturated heterocycles. The van der Waals surface area contributed by atoms with Crippen LogP contribution in [0.4, 0.5) is 0 Å². The molecule has 100 valence electrons.